The van der Waals surface area contributed by atoms with Crippen molar-refractivity contribution in [1.29, 1.82) is 0 Å². The fraction of sp³-hybridized carbons (Fsp3) is 0.500. The monoisotopic (exact) mass is 261 g/mol. The zero-order chi connectivity index (χ0) is 13.4. The van der Waals surface area contributed by atoms with Crippen LogP contribution in [0.25, 0.3) is 0 Å². The molecule has 1 aromatic carbocycles. The lowest BCUT2D eigenvalue weighted by atomic mass is 10.2. The maximum atomic E-state index is 11.9. The smallest absolute Gasteiger partial charge is 0.387 e. The van der Waals surface area contributed by atoms with Gasteiger partial charge in [-0.2, -0.15) is 8.78 Å². The molecular weight excluding hydrogens is 244 g/mol. The standard InChI is InChI=1S/C12H17F2NO3/c1-17-8-10(16)7-15-6-9-2-4-11(5-3-9)18-12(13)14/h2-5,10,12,15-16H,6-8H2,1H3. The molecule has 0 bridgehead atoms. The highest BCUT2D eigenvalue weighted by Gasteiger charge is 2.04. The number of benzene rings is 1. The SMILES string of the molecule is COCC(O)CNCc1ccc(OC(F)F)cc1. The molecule has 0 aliphatic rings. The molecule has 1 aromatic rings. The van der Waals surface area contributed by atoms with Gasteiger partial charge in [-0.25, -0.2) is 0 Å². The maximum Gasteiger partial charge on any atom is 0.387 e. The molecule has 1 rings (SSSR count). The number of ether oxygens (including phenoxy) is 2. The second kappa shape index (κ2) is 7.97. The molecular formula is C12H17F2NO3. The van der Waals surface area contributed by atoms with Crippen molar-refractivity contribution in [1.82, 2.24) is 5.32 Å². The Morgan fingerprint density at radius 1 is 1.28 bits per heavy atom. The second-order valence-corrected chi connectivity index (χ2v) is 3.76. The minimum absolute atomic E-state index is 0.133. The third-order valence-electron chi connectivity index (χ3n) is 2.22. The normalized spacial score (nSPS) is 12.7. The van der Waals surface area contributed by atoms with Crippen molar-refractivity contribution in [3.05, 3.63) is 29.8 Å². The predicted molar refractivity (Wildman–Crippen MR) is 62.7 cm³/mol. The average molecular weight is 261 g/mol. The molecule has 0 aliphatic carbocycles. The minimum atomic E-state index is -2.81. The van der Waals surface area contributed by atoms with Crippen LogP contribution in [0.1, 0.15) is 5.56 Å². The Hall–Kier alpha value is -1.24. The number of aliphatic hydroxyl groups excluding tert-OH is 1. The maximum absolute atomic E-state index is 11.9. The molecule has 0 aromatic heterocycles. The molecule has 0 saturated carbocycles. The number of rotatable bonds is 8. The van der Waals surface area contributed by atoms with E-state index in [1.807, 2.05) is 0 Å². The van der Waals surface area contributed by atoms with E-state index < -0.39 is 12.7 Å². The fourth-order valence-electron chi connectivity index (χ4n) is 1.42. The van der Waals surface area contributed by atoms with Gasteiger partial charge in [0, 0.05) is 20.2 Å². The van der Waals surface area contributed by atoms with E-state index in [9.17, 15) is 13.9 Å². The van der Waals surface area contributed by atoms with Crippen LogP contribution in [0.4, 0.5) is 8.78 Å². The highest BCUT2D eigenvalue weighted by atomic mass is 19.3. The van der Waals surface area contributed by atoms with Crippen molar-refractivity contribution in [2.24, 2.45) is 0 Å². The Morgan fingerprint density at radius 3 is 2.50 bits per heavy atom. The van der Waals surface area contributed by atoms with E-state index in [1.165, 1.54) is 19.2 Å². The van der Waals surface area contributed by atoms with Crippen LogP contribution in [0.5, 0.6) is 5.75 Å². The summed E-state index contributed by atoms with van der Waals surface area (Å²) in [6.45, 7) is -1.59. The highest BCUT2D eigenvalue weighted by Crippen LogP contribution is 2.14. The zero-order valence-corrected chi connectivity index (χ0v) is 10.1. The van der Waals surface area contributed by atoms with Crippen LogP contribution < -0.4 is 10.1 Å². The Kier molecular flexibility index (Phi) is 6.56. The van der Waals surface area contributed by atoms with Crippen molar-refractivity contribution in [2.45, 2.75) is 19.3 Å². The van der Waals surface area contributed by atoms with Gasteiger partial charge >= 0.3 is 6.61 Å². The van der Waals surface area contributed by atoms with E-state index in [0.717, 1.165) is 5.56 Å². The van der Waals surface area contributed by atoms with E-state index in [-0.39, 0.29) is 12.4 Å². The molecule has 0 aliphatic heterocycles. The molecule has 0 fully saturated rings. The van der Waals surface area contributed by atoms with E-state index >= 15 is 0 Å². The Balaban J connectivity index is 2.30. The Morgan fingerprint density at radius 2 is 1.94 bits per heavy atom. The summed E-state index contributed by atoms with van der Waals surface area (Å²) in [5.74, 6) is 0.133. The molecule has 6 heteroatoms. The first-order valence-corrected chi connectivity index (χ1v) is 5.53. The molecule has 1 atom stereocenters. The fourth-order valence-corrected chi connectivity index (χ4v) is 1.42. The van der Waals surface area contributed by atoms with E-state index in [2.05, 4.69) is 10.1 Å². The number of hydrogen-bond acceptors (Lipinski definition) is 4. The van der Waals surface area contributed by atoms with Crippen LogP contribution in [0.15, 0.2) is 24.3 Å². The highest BCUT2D eigenvalue weighted by molar-refractivity contribution is 5.27. The third kappa shape index (κ3) is 5.90. The molecule has 102 valence electrons. The summed E-state index contributed by atoms with van der Waals surface area (Å²) >= 11 is 0. The second-order valence-electron chi connectivity index (χ2n) is 3.76. The molecule has 0 spiro atoms. The van der Waals surface area contributed by atoms with Gasteiger partial charge < -0.3 is 19.9 Å². The number of methoxy groups -OCH3 is 1. The summed E-state index contributed by atoms with van der Waals surface area (Å²) in [7, 11) is 1.52. The van der Waals surface area contributed by atoms with Gasteiger partial charge in [0.2, 0.25) is 0 Å². The van der Waals surface area contributed by atoms with E-state index in [0.29, 0.717) is 13.1 Å². The largest absolute Gasteiger partial charge is 0.435 e. The third-order valence-corrected chi connectivity index (χ3v) is 2.22. The average Bonchev–Trinajstić information content (AvgIpc) is 2.31. The minimum Gasteiger partial charge on any atom is -0.435 e. The van der Waals surface area contributed by atoms with Crippen LogP contribution in [0, 0.1) is 0 Å². The Bertz CT molecular complexity index is 333. The van der Waals surface area contributed by atoms with Gasteiger partial charge in [-0.15, -0.1) is 0 Å². The van der Waals surface area contributed by atoms with Crippen molar-refractivity contribution in [3.8, 4) is 5.75 Å². The van der Waals surface area contributed by atoms with E-state index in [1.54, 1.807) is 12.1 Å². The first kappa shape index (κ1) is 14.8. The van der Waals surface area contributed by atoms with Gasteiger partial charge in [0.05, 0.1) is 12.7 Å². The molecule has 0 heterocycles. The molecule has 0 radical (unpaired) electrons. The molecule has 0 amide bonds. The first-order valence-electron chi connectivity index (χ1n) is 5.53. The van der Waals surface area contributed by atoms with Gasteiger partial charge in [-0.05, 0) is 17.7 Å². The molecule has 0 saturated heterocycles. The summed E-state index contributed by atoms with van der Waals surface area (Å²) in [6, 6.07) is 6.34. The summed E-state index contributed by atoms with van der Waals surface area (Å²) in [5, 5.41) is 12.4. The number of aliphatic hydroxyl groups is 1. The van der Waals surface area contributed by atoms with Crippen LogP contribution in [-0.2, 0) is 11.3 Å². The first-order chi connectivity index (χ1) is 8.61. The van der Waals surface area contributed by atoms with Crippen molar-refractivity contribution >= 4 is 0 Å². The lowest BCUT2D eigenvalue weighted by Gasteiger charge is -2.11. The Labute approximate surface area is 105 Å². The van der Waals surface area contributed by atoms with Crippen LogP contribution >= 0.6 is 0 Å². The number of nitrogens with one attached hydrogen (secondary N) is 1. The van der Waals surface area contributed by atoms with Crippen molar-refractivity contribution in [2.75, 3.05) is 20.3 Å². The van der Waals surface area contributed by atoms with Gasteiger partial charge in [0.15, 0.2) is 0 Å². The summed E-state index contributed by atoms with van der Waals surface area (Å²) in [6.07, 6.45) is -0.559. The van der Waals surface area contributed by atoms with Crippen LogP contribution in [-0.4, -0.2) is 38.1 Å². The topological polar surface area (TPSA) is 50.7 Å². The quantitative estimate of drug-likeness (QED) is 0.742. The zero-order valence-electron chi connectivity index (χ0n) is 10.1. The van der Waals surface area contributed by atoms with Gasteiger partial charge in [0.1, 0.15) is 5.75 Å². The number of hydrogen-bond donors (Lipinski definition) is 2. The molecule has 4 nitrogen and oxygen atoms in total. The number of alkyl halides is 2. The van der Waals surface area contributed by atoms with Gasteiger partial charge in [0.25, 0.3) is 0 Å². The molecule has 2 N–H and O–H groups in total. The van der Waals surface area contributed by atoms with E-state index in [4.69, 9.17) is 4.74 Å². The molecule has 1 unspecified atom stereocenters. The lowest BCUT2D eigenvalue weighted by molar-refractivity contribution is -0.0498. The van der Waals surface area contributed by atoms with Crippen molar-refractivity contribution in [3.63, 3.8) is 0 Å². The van der Waals surface area contributed by atoms with Crippen LogP contribution in [0.2, 0.25) is 0 Å². The van der Waals surface area contributed by atoms with Gasteiger partial charge in [-0.1, -0.05) is 12.1 Å². The number of halogens is 2. The summed E-state index contributed by atoms with van der Waals surface area (Å²) in [4.78, 5) is 0. The van der Waals surface area contributed by atoms with Gasteiger partial charge in [-0.3, -0.25) is 0 Å². The van der Waals surface area contributed by atoms with Crippen LogP contribution in [0.3, 0.4) is 0 Å². The summed E-state index contributed by atoms with van der Waals surface area (Å²) < 4.78 is 32.8. The predicted octanol–water partition coefficient (Wildman–Crippen LogP) is 1.38. The summed E-state index contributed by atoms with van der Waals surface area (Å²) in [5.41, 5.74) is 0.918. The molecule has 18 heavy (non-hydrogen) atoms. The van der Waals surface area contributed by atoms with Crippen molar-refractivity contribution < 1.29 is 23.4 Å². The lowest BCUT2D eigenvalue weighted by Crippen LogP contribution is -2.29.